The molecular formula is C13H22N2O3S. The van der Waals surface area contributed by atoms with E-state index >= 15 is 0 Å². The molecule has 1 unspecified atom stereocenters. The summed E-state index contributed by atoms with van der Waals surface area (Å²) in [4.78, 5) is 0.341. The number of rotatable bonds is 8. The molecule has 0 aliphatic rings. The molecule has 0 fully saturated rings. The van der Waals surface area contributed by atoms with Crippen LogP contribution in [0.2, 0.25) is 0 Å². The van der Waals surface area contributed by atoms with Gasteiger partial charge in [0.2, 0.25) is 10.0 Å². The third kappa shape index (κ3) is 4.58. The summed E-state index contributed by atoms with van der Waals surface area (Å²) in [6, 6.07) is 7.14. The standard InChI is InChI=1S/C13H22N2O3S/c1-4-15-19(16,17)13-8-6-5-7-11(13)9-12(14-2)10-18-3/h5-8,12,14-15H,4,9-10H2,1-3H3. The van der Waals surface area contributed by atoms with Crippen LogP contribution in [0.15, 0.2) is 29.2 Å². The van der Waals surface area contributed by atoms with Crippen molar-refractivity contribution < 1.29 is 13.2 Å². The van der Waals surface area contributed by atoms with Crippen molar-refractivity contribution in [2.24, 2.45) is 0 Å². The van der Waals surface area contributed by atoms with Crippen LogP contribution >= 0.6 is 0 Å². The van der Waals surface area contributed by atoms with Crippen molar-refractivity contribution in [1.82, 2.24) is 10.0 Å². The topological polar surface area (TPSA) is 67.4 Å². The molecule has 5 nitrogen and oxygen atoms in total. The SMILES string of the molecule is CCNS(=O)(=O)c1ccccc1CC(COC)NC. The number of likely N-dealkylation sites (N-methyl/N-ethyl adjacent to an activating group) is 1. The molecule has 0 saturated heterocycles. The van der Waals surface area contributed by atoms with E-state index in [-0.39, 0.29) is 6.04 Å². The third-order valence-corrected chi connectivity index (χ3v) is 4.48. The van der Waals surface area contributed by atoms with Gasteiger partial charge in [-0.25, -0.2) is 13.1 Å². The molecule has 1 aromatic carbocycles. The quantitative estimate of drug-likeness (QED) is 0.740. The maximum atomic E-state index is 12.1. The van der Waals surface area contributed by atoms with Gasteiger partial charge < -0.3 is 10.1 Å². The van der Waals surface area contributed by atoms with Crippen LogP contribution in [0.25, 0.3) is 0 Å². The van der Waals surface area contributed by atoms with Crippen LogP contribution in [0.3, 0.4) is 0 Å². The minimum atomic E-state index is -3.43. The fourth-order valence-electron chi connectivity index (χ4n) is 1.91. The zero-order valence-corrected chi connectivity index (χ0v) is 12.5. The van der Waals surface area contributed by atoms with Gasteiger partial charge in [-0.15, -0.1) is 0 Å². The molecule has 0 amide bonds. The molecule has 1 aromatic rings. The molecule has 0 aliphatic heterocycles. The summed E-state index contributed by atoms with van der Waals surface area (Å²) in [5, 5.41) is 3.12. The van der Waals surface area contributed by atoms with Crippen molar-refractivity contribution in [3.63, 3.8) is 0 Å². The predicted octanol–water partition coefficient (Wildman–Crippen LogP) is 0.762. The Hall–Kier alpha value is -0.950. The zero-order chi connectivity index (χ0) is 14.3. The van der Waals surface area contributed by atoms with E-state index in [0.717, 1.165) is 5.56 Å². The number of benzene rings is 1. The summed E-state index contributed by atoms with van der Waals surface area (Å²) in [5.74, 6) is 0. The van der Waals surface area contributed by atoms with Crippen molar-refractivity contribution in [1.29, 1.82) is 0 Å². The second-order valence-electron chi connectivity index (χ2n) is 4.25. The number of hydrogen-bond acceptors (Lipinski definition) is 4. The lowest BCUT2D eigenvalue weighted by Crippen LogP contribution is -2.33. The average molecular weight is 286 g/mol. The molecular weight excluding hydrogens is 264 g/mol. The summed E-state index contributed by atoms with van der Waals surface area (Å²) in [5.41, 5.74) is 0.792. The Kier molecular flexibility index (Phi) is 6.44. The Labute approximate surface area is 115 Å². The summed E-state index contributed by atoms with van der Waals surface area (Å²) < 4.78 is 31.9. The summed E-state index contributed by atoms with van der Waals surface area (Å²) >= 11 is 0. The van der Waals surface area contributed by atoms with Gasteiger partial charge in [-0.2, -0.15) is 0 Å². The van der Waals surface area contributed by atoms with E-state index in [4.69, 9.17) is 4.74 Å². The number of ether oxygens (including phenoxy) is 1. The van der Waals surface area contributed by atoms with Crippen LogP contribution in [-0.2, 0) is 21.2 Å². The second kappa shape index (κ2) is 7.59. The molecule has 0 aliphatic carbocycles. The molecule has 2 N–H and O–H groups in total. The monoisotopic (exact) mass is 286 g/mol. The fourth-order valence-corrected chi connectivity index (χ4v) is 3.20. The highest BCUT2D eigenvalue weighted by Crippen LogP contribution is 2.17. The third-order valence-electron chi connectivity index (χ3n) is 2.84. The van der Waals surface area contributed by atoms with Crippen LogP contribution in [-0.4, -0.2) is 41.8 Å². The van der Waals surface area contributed by atoms with Crippen LogP contribution < -0.4 is 10.0 Å². The van der Waals surface area contributed by atoms with E-state index in [1.54, 1.807) is 26.2 Å². The molecule has 6 heteroatoms. The Morgan fingerprint density at radius 3 is 2.58 bits per heavy atom. The summed E-state index contributed by atoms with van der Waals surface area (Å²) in [6.07, 6.45) is 0.602. The van der Waals surface area contributed by atoms with Gasteiger partial charge in [0.25, 0.3) is 0 Å². The van der Waals surface area contributed by atoms with Crippen LogP contribution in [0.1, 0.15) is 12.5 Å². The first kappa shape index (κ1) is 16.1. The smallest absolute Gasteiger partial charge is 0.240 e. The van der Waals surface area contributed by atoms with E-state index in [1.165, 1.54) is 0 Å². The Morgan fingerprint density at radius 2 is 2.00 bits per heavy atom. The average Bonchev–Trinajstić information content (AvgIpc) is 2.38. The van der Waals surface area contributed by atoms with Crippen LogP contribution in [0.4, 0.5) is 0 Å². The predicted molar refractivity (Wildman–Crippen MR) is 75.7 cm³/mol. The molecule has 0 bridgehead atoms. The van der Waals surface area contributed by atoms with E-state index in [2.05, 4.69) is 10.0 Å². The second-order valence-corrected chi connectivity index (χ2v) is 5.99. The van der Waals surface area contributed by atoms with Gasteiger partial charge in [-0.3, -0.25) is 0 Å². The van der Waals surface area contributed by atoms with Gasteiger partial charge in [0.05, 0.1) is 11.5 Å². The highest BCUT2D eigenvalue weighted by molar-refractivity contribution is 7.89. The lowest BCUT2D eigenvalue weighted by molar-refractivity contribution is 0.169. The van der Waals surface area contributed by atoms with Gasteiger partial charge in [0, 0.05) is 19.7 Å². The number of methoxy groups -OCH3 is 1. The molecule has 108 valence electrons. The van der Waals surface area contributed by atoms with E-state index in [9.17, 15) is 8.42 Å². The maximum absolute atomic E-state index is 12.1. The van der Waals surface area contributed by atoms with Crippen molar-refractivity contribution in [2.75, 3.05) is 27.3 Å². The largest absolute Gasteiger partial charge is 0.383 e. The maximum Gasteiger partial charge on any atom is 0.240 e. The van der Waals surface area contributed by atoms with Gasteiger partial charge >= 0.3 is 0 Å². The molecule has 0 spiro atoms. The highest BCUT2D eigenvalue weighted by Gasteiger charge is 2.18. The first-order chi connectivity index (χ1) is 9.05. The van der Waals surface area contributed by atoms with Gasteiger partial charge in [-0.05, 0) is 25.1 Å². The molecule has 1 atom stereocenters. The molecule has 0 radical (unpaired) electrons. The minimum Gasteiger partial charge on any atom is -0.383 e. The lowest BCUT2D eigenvalue weighted by atomic mass is 10.1. The minimum absolute atomic E-state index is 0.0861. The van der Waals surface area contributed by atoms with Crippen molar-refractivity contribution in [3.05, 3.63) is 29.8 Å². The highest BCUT2D eigenvalue weighted by atomic mass is 32.2. The number of nitrogens with one attached hydrogen (secondary N) is 2. The van der Waals surface area contributed by atoms with Crippen LogP contribution in [0, 0.1) is 0 Å². The van der Waals surface area contributed by atoms with E-state index < -0.39 is 10.0 Å². The Balaban J connectivity index is 3.02. The lowest BCUT2D eigenvalue weighted by Gasteiger charge is -2.17. The first-order valence-electron chi connectivity index (χ1n) is 6.29. The number of hydrogen-bond donors (Lipinski definition) is 2. The summed E-state index contributed by atoms with van der Waals surface area (Å²) in [6.45, 7) is 2.68. The Morgan fingerprint density at radius 1 is 1.32 bits per heavy atom. The Bertz CT molecular complexity index is 488. The normalized spacial score (nSPS) is 13.4. The van der Waals surface area contributed by atoms with E-state index in [1.807, 2.05) is 19.2 Å². The van der Waals surface area contributed by atoms with E-state index in [0.29, 0.717) is 24.5 Å². The van der Waals surface area contributed by atoms with Crippen molar-refractivity contribution in [3.8, 4) is 0 Å². The molecule has 0 saturated carbocycles. The molecule has 0 aromatic heterocycles. The van der Waals surface area contributed by atoms with Gasteiger partial charge in [0.1, 0.15) is 0 Å². The fraction of sp³-hybridized carbons (Fsp3) is 0.538. The zero-order valence-electron chi connectivity index (χ0n) is 11.6. The number of sulfonamides is 1. The summed E-state index contributed by atoms with van der Waals surface area (Å²) in [7, 11) is 0.0406. The van der Waals surface area contributed by atoms with Crippen molar-refractivity contribution in [2.45, 2.75) is 24.3 Å². The molecule has 19 heavy (non-hydrogen) atoms. The van der Waals surface area contributed by atoms with Gasteiger partial charge in [0.15, 0.2) is 0 Å². The van der Waals surface area contributed by atoms with Gasteiger partial charge in [-0.1, -0.05) is 25.1 Å². The first-order valence-corrected chi connectivity index (χ1v) is 7.77. The van der Waals surface area contributed by atoms with Crippen molar-refractivity contribution >= 4 is 10.0 Å². The van der Waals surface area contributed by atoms with Crippen LogP contribution in [0.5, 0.6) is 0 Å². The molecule has 1 rings (SSSR count). The molecule has 0 heterocycles.